The van der Waals surface area contributed by atoms with E-state index in [1.54, 1.807) is 12.2 Å². The second kappa shape index (κ2) is 23.0. The summed E-state index contributed by atoms with van der Waals surface area (Å²) in [5, 5.41) is 20.6. The Kier molecular flexibility index (Phi) is 24.4. The predicted octanol–water partition coefficient (Wildman–Crippen LogP) is 2.48. The number of aliphatic carboxylic acids is 1. The third kappa shape index (κ3) is 13.6. The zero-order valence-corrected chi connectivity index (χ0v) is 21.7. The molecule has 2 rings (SSSR count). The Morgan fingerprint density at radius 2 is 1.56 bits per heavy atom. The monoisotopic (exact) mass is 501 g/mol. The van der Waals surface area contributed by atoms with Crippen LogP contribution in [-0.4, -0.2) is 56.6 Å². The van der Waals surface area contributed by atoms with E-state index in [-0.39, 0.29) is 54.7 Å². The maximum atomic E-state index is 12.7. The first-order chi connectivity index (χ1) is 16.4. The Morgan fingerprint density at radius 3 is 2.03 bits per heavy atom. The van der Waals surface area contributed by atoms with Crippen molar-refractivity contribution in [1.29, 1.82) is 0 Å². The van der Waals surface area contributed by atoms with Gasteiger partial charge >= 0.3 is 30.9 Å². The van der Waals surface area contributed by atoms with Crippen LogP contribution in [0.4, 0.5) is 4.79 Å². The van der Waals surface area contributed by atoms with Gasteiger partial charge in [-0.1, -0.05) is 69.2 Å². The zero-order valence-electron chi connectivity index (χ0n) is 21.7. The molecule has 1 aliphatic rings. The molecule has 0 unspecified atom stereocenters. The fourth-order valence-electron chi connectivity index (χ4n) is 3.75. The number of hydrogen-bond donors (Lipinski definition) is 3. The van der Waals surface area contributed by atoms with Gasteiger partial charge in [-0.05, 0) is 37.7 Å². The van der Waals surface area contributed by atoms with Gasteiger partial charge in [0.1, 0.15) is 6.61 Å². The van der Waals surface area contributed by atoms with Gasteiger partial charge in [-0.3, -0.25) is 20.1 Å². The van der Waals surface area contributed by atoms with Gasteiger partial charge in [0.2, 0.25) is 5.91 Å². The number of rotatable bonds is 12. The van der Waals surface area contributed by atoms with Crippen molar-refractivity contribution < 1.29 is 59.1 Å². The predicted molar refractivity (Wildman–Crippen MR) is 133 cm³/mol. The van der Waals surface area contributed by atoms with Gasteiger partial charge in [0, 0.05) is 5.92 Å². The molecule has 10 heteroatoms. The second-order valence-electron chi connectivity index (χ2n) is 7.99. The number of ether oxygens (including phenoxy) is 1. The average Bonchev–Trinajstić information content (AvgIpc) is 3.20. The molecule has 1 aromatic carbocycles. The summed E-state index contributed by atoms with van der Waals surface area (Å²) < 4.78 is 5.12. The van der Waals surface area contributed by atoms with E-state index in [1.165, 1.54) is 4.90 Å². The number of cyclic esters (lactones) is 1. The summed E-state index contributed by atoms with van der Waals surface area (Å²) in [4.78, 5) is 36.4. The molecule has 36 heavy (non-hydrogen) atoms. The van der Waals surface area contributed by atoms with Crippen LogP contribution in [-0.2, 0) is 20.7 Å². The van der Waals surface area contributed by atoms with Crippen molar-refractivity contribution in [3.8, 4) is 0 Å². The van der Waals surface area contributed by atoms with Gasteiger partial charge in [-0.15, -0.1) is 13.2 Å². The summed E-state index contributed by atoms with van der Waals surface area (Å²) in [7, 11) is 0. The number of carbonyl (C=O) groups excluding carboxylic acids is 2. The fourth-order valence-corrected chi connectivity index (χ4v) is 3.75. The molecule has 4 N–H and O–H groups in total. The van der Waals surface area contributed by atoms with Crippen LogP contribution >= 0.6 is 0 Å². The Labute approximate surface area is 226 Å². The number of benzene rings is 1. The Balaban J connectivity index is -0.000000666. The quantitative estimate of drug-likeness (QED) is 0.171. The molecule has 0 aromatic heterocycles. The summed E-state index contributed by atoms with van der Waals surface area (Å²) in [6, 6.07) is 9.64. The molecule has 0 spiro atoms. The van der Waals surface area contributed by atoms with E-state index in [0.717, 1.165) is 31.2 Å². The summed E-state index contributed by atoms with van der Waals surface area (Å²) in [6.45, 7) is 11.5. The number of imide groups is 1. The summed E-state index contributed by atoms with van der Waals surface area (Å²) >= 11 is 0. The summed E-state index contributed by atoms with van der Waals surface area (Å²) in [6.07, 6.45) is 8.02. The minimum atomic E-state index is -0.707. The van der Waals surface area contributed by atoms with E-state index in [2.05, 4.69) is 13.2 Å². The number of hydrogen-bond acceptors (Lipinski definition) is 7. The van der Waals surface area contributed by atoms with E-state index in [1.807, 2.05) is 44.2 Å². The van der Waals surface area contributed by atoms with E-state index in [4.69, 9.17) is 20.4 Å². The molecule has 1 fully saturated rings. The molecule has 2 amide bonds. The molecule has 0 saturated carbocycles. The van der Waals surface area contributed by atoms with Gasteiger partial charge in [0.05, 0.1) is 12.0 Å². The minimum absolute atomic E-state index is 0. The Bertz CT molecular complexity index is 760. The number of amides is 2. The van der Waals surface area contributed by atoms with Crippen molar-refractivity contribution in [1.82, 2.24) is 4.90 Å². The van der Waals surface area contributed by atoms with Gasteiger partial charge < -0.3 is 15.3 Å². The number of nitrogens with zero attached hydrogens (tertiary/aromatic N) is 1. The summed E-state index contributed by atoms with van der Waals surface area (Å²) in [5.41, 5.74) is 1.10. The van der Waals surface area contributed by atoms with E-state index in [0.29, 0.717) is 19.3 Å². The SMILES string of the molecule is C=CC[C@@H](CCC)C(=O)N1C(=O)OC[C@@H]1Cc1ccccc1.C=CC[C@@H](CCC)C(=O)O.OO.[Li+].[OH-]. The van der Waals surface area contributed by atoms with Crippen molar-refractivity contribution in [2.45, 2.75) is 64.8 Å². The first-order valence-corrected chi connectivity index (χ1v) is 11.6. The molecular weight excluding hydrogens is 461 g/mol. The molecule has 1 aliphatic heterocycles. The molecule has 3 atom stereocenters. The van der Waals surface area contributed by atoms with Gasteiger partial charge in [-0.2, -0.15) is 0 Å². The first kappa shape index (κ1) is 38.1. The van der Waals surface area contributed by atoms with Gasteiger partial charge in [0.25, 0.3) is 0 Å². The third-order valence-corrected chi connectivity index (χ3v) is 5.39. The summed E-state index contributed by atoms with van der Waals surface area (Å²) in [5.74, 6) is -1.25. The molecule has 0 aliphatic carbocycles. The Morgan fingerprint density at radius 1 is 1.06 bits per heavy atom. The van der Waals surface area contributed by atoms with Crippen molar-refractivity contribution in [3.05, 3.63) is 61.2 Å². The van der Waals surface area contributed by atoms with Gasteiger partial charge in [0.15, 0.2) is 0 Å². The average molecular weight is 502 g/mol. The second-order valence-corrected chi connectivity index (χ2v) is 7.99. The molecule has 1 heterocycles. The zero-order chi connectivity index (χ0) is 25.9. The maximum absolute atomic E-state index is 12.7. The molecule has 1 aromatic rings. The van der Waals surface area contributed by atoms with Crippen LogP contribution < -0.4 is 18.9 Å². The van der Waals surface area contributed by atoms with Crippen LogP contribution in [0.2, 0.25) is 0 Å². The normalized spacial score (nSPS) is 15.2. The van der Waals surface area contributed by atoms with Crippen molar-refractivity contribution in [2.24, 2.45) is 11.8 Å². The van der Waals surface area contributed by atoms with Crippen LogP contribution in [0.15, 0.2) is 55.6 Å². The maximum Gasteiger partial charge on any atom is 1.00 e. The number of carbonyl (C=O) groups is 3. The van der Waals surface area contributed by atoms with Crippen molar-refractivity contribution >= 4 is 18.0 Å². The molecule has 1 saturated heterocycles. The minimum Gasteiger partial charge on any atom is -0.870 e. The van der Waals surface area contributed by atoms with E-state index < -0.39 is 12.1 Å². The Hall–Kier alpha value is -2.41. The van der Waals surface area contributed by atoms with E-state index >= 15 is 0 Å². The topological polar surface area (TPSA) is 154 Å². The molecule has 0 bridgehead atoms. The van der Waals surface area contributed by atoms with Crippen LogP contribution in [0, 0.1) is 11.8 Å². The molecule has 9 nitrogen and oxygen atoms in total. The third-order valence-electron chi connectivity index (χ3n) is 5.39. The van der Waals surface area contributed by atoms with E-state index in [9.17, 15) is 14.4 Å². The van der Waals surface area contributed by atoms with Crippen LogP contribution in [0.25, 0.3) is 0 Å². The smallest absolute Gasteiger partial charge is 0.870 e. The number of carboxylic acids is 1. The standard InChI is InChI=1S/C18H23NO3.C8H14O2.Li.H2O2.H2O/c1-3-8-15(9-4-2)17(20)19-16(13-22-18(19)21)12-14-10-6-5-7-11-14;1-3-5-7(6-4-2)8(9)10;;1-2;/h3,5-7,10-11,15-16H,1,4,8-9,12-13H2,2H3;3,7H,1,4-6H2,2H3,(H,9,10);;1-2H;1H2/q;;+1;;/p-1/t15-,16-;7-;;;/m00.../s1. The van der Waals surface area contributed by atoms with Crippen LogP contribution in [0.3, 0.4) is 0 Å². The van der Waals surface area contributed by atoms with Gasteiger partial charge in [-0.25, -0.2) is 9.69 Å². The number of carboxylic acid groups (broad SMARTS) is 1. The molecule has 0 radical (unpaired) electrons. The number of allylic oxidation sites excluding steroid dienone is 2. The van der Waals surface area contributed by atoms with Crippen molar-refractivity contribution in [3.63, 3.8) is 0 Å². The van der Waals surface area contributed by atoms with Crippen molar-refractivity contribution in [2.75, 3.05) is 6.61 Å². The largest absolute Gasteiger partial charge is 1.00 e. The molecular formula is C26H40LiNO8. The van der Waals surface area contributed by atoms with Crippen LogP contribution in [0.1, 0.15) is 57.9 Å². The first-order valence-electron chi connectivity index (χ1n) is 11.6. The van der Waals surface area contributed by atoms with Crippen LogP contribution in [0.5, 0.6) is 0 Å². The fraction of sp³-hybridized carbons (Fsp3) is 0.500. The molecule has 198 valence electrons.